The average molecular weight is 493 g/mol. The maximum Gasteiger partial charge on any atom is 0.270 e. The molecule has 0 N–H and O–H groups in total. The third-order valence-corrected chi connectivity index (χ3v) is 7.71. The van der Waals surface area contributed by atoms with Crippen LogP contribution in [0.3, 0.4) is 0 Å². The molecule has 5 aromatic rings. The van der Waals surface area contributed by atoms with E-state index >= 15 is 0 Å². The van der Waals surface area contributed by atoms with Crippen molar-refractivity contribution in [2.75, 3.05) is 14.2 Å². The Balaban J connectivity index is 1.78. The Kier molecular flexibility index (Phi) is 5.46. The Morgan fingerprint density at radius 2 is 1.74 bits per heavy atom. The lowest BCUT2D eigenvalue weighted by Gasteiger charge is -2.10. The zero-order valence-electron chi connectivity index (χ0n) is 18.7. The quantitative estimate of drug-likeness (QED) is 0.297. The lowest BCUT2D eigenvalue weighted by molar-refractivity contribution is 0.355. The highest BCUT2D eigenvalue weighted by Gasteiger charge is 2.25. The van der Waals surface area contributed by atoms with Gasteiger partial charge in [-0.2, -0.15) is 0 Å². The van der Waals surface area contributed by atoms with E-state index in [0.29, 0.717) is 38.5 Å². The van der Waals surface area contributed by atoms with Crippen LogP contribution < -0.4 is 9.47 Å². The molecule has 0 saturated carbocycles. The van der Waals surface area contributed by atoms with Crippen LogP contribution >= 0.6 is 11.6 Å². The van der Waals surface area contributed by atoms with E-state index in [1.165, 1.54) is 3.97 Å². The Morgan fingerprint density at radius 1 is 0.941 bits per heavy atom. The van der Waals surface area contributed by atoms with Crippen LogP contribution in [0.2, 0.25) is 5.02 Å². The third-order valence-electron chi connectivity index (χ3n) is 5.77. The number of halogens is 1. The standard InChI is InChI=1S/C26H21ClN2O4S/c1-16-11-18-5-4-6-25(26(18)28-14-16)34(30,31)29-15-21(20-13-19(27)8-9-22(20)29)17-7-10-23(32-2)24(12-17)33-3/h4-15H,1-3H3. The first-order valence-corrected chi connectivity index (χ1v) is 12.3. The zero-order chi connectivity index (χ0) is 24.0. The molecule has 34 heavy (non-hydrogen) atoms. The molecule has 0 fully saturated rings. The highest BCUT2D eigenvalue weighted by Crippen LogP contribution is 2.39. The van der Waals surface area contributed by atoms with Gasteiger partial charge in [-0.25, -0.2) is 12.4 Å². The van der Waals surface area contributed by atoms with Crippen LogP contribution in [-0.4, -0.2) is 31.6 Å². The van der Waals surface area contributed by atoms with E-state index in [9.17, 15) is 8.42 Å². The summed E-state index contributed by atoms with van der Waals surface area (Å²) in [5.41, 5.74) is 3.37. The first kappa shape index (κ1) is 22.3. The van der Waals surface area contributed by atoms with Crippen LogP contribution in [0.1, 0.15) is 5.56 Å². The molecule has 0 atom stereocenters. The van der Waals surface area contributed by atoms with Crippen molar-refractivity contribution in [3.63, 3.8) is 0 Å². The highest BCUT2D eigenvalue weighted by atomic mass is 35.5. The number of pyridine rings is 1. The maximum atomic E-state index is 13.9. The molecule has 6 nitrogen and oxygen atoms in total. The molecule has 0 unspecified atom stereocenters. The number of rotatable bonds is 5. The van der Waals surface area contributed by atoms with Crippen LogP contribution in [0.4, 0.5) is 0 Å². The summed E-state index contributed by atoms with van der Waals surface area (Å²) >= 11 is 6.30. The van der Waals surface area contributed by atoms with Crippen molar-refractivity contribution >= 4 is 43.4 Å². The van der Waals surface area contributed by atoms with Gasteiger partial charge in [-0.3, -0.25) is 4.98 Å². The van der Waals surface area contributed by atoms with Crippen molar-refractivity contribution in [3.05, 3.63) is 83.6 Å². The molecular weight excluding hydrogens is 472 g/mol. The number of para-hydroxylation sites is 1. The highest BCUT2D eigenvalue weighted by molar-refractivity contribution is 7.90. The molecule has 172 valence electrons. The number of fused-ring (bicyclic) bond motifs is 2. The van der Waals surface area contributed by atoms with Crippen molar-refractivity contribution in [1.29, 1.82) is 0 Å². The van der Waals surface area contributed by atoms with Crippen LogP contribution in [0, 0.1) is 6.92 Å². The van der Waals surface area contributed by atoms with Gasteiger partial charge < -0.3 is 9.47 Å². The van der Waals surface area contributed by atoms with Gasteiger partial charge >= 0.3 is 0 Å². The third kappa shape index (κ3) is 3.57. The van der Waals surface area contributed by atoms with Gasteiger partial charge in [0, 0.05) is 33.8 Å². The van der Waals surface area contributed by atoms with Gasteiger partial charge in [-0.05, 0) is 60.5 Å². The van der Waals surface area contributed by atoms with E-state index < -0.39 is 10.0 Å². The van der Waals surface area contributed by atoms with Crippen LogP contribution in [0.5, 0.6) is 11.5 Å². The fraction of sp³-hybridized carbons (Fsp3) is 0.115. The first-order valence-electron chi connectivity index (χ1n) is 10.5. The van der Waals surface area contributed by atoms with Gasteiger partial charge in [0.15, 0.2) is 11.5 Å². The van der Waals surface area contributed by atoms with Gasteiger partial charge in [0.1, 0.15) is 4.90 Å². The molecule has 0 aliphatic rings. The topological polar surface area (TPSA) is 70.4 Å². The fourth-order valence-corrected chi connectivity index (χ4v) is 5.87. The smallest absolute Gasteiger partial charge is 0.270 e. The van der Waals surface area contributed by atoms with E-state index in [0.717, 1.165) is 16.5 Å². The Labute approximate surface area is 202 Å². The lowest BCUT2D eigenvalue weighted by Crippen LogP contribution is -2.12. The molecule has 0 spiro atoms. The monoisotopic (exact) mass is 492 g/mol. The molecule has 5 rings (SSSR count). The largest absolute Gasteiger partial charge is 0.493 e. The van der Waals surface area contributed by atoms with Crippen LogP contribution in [-0.2, 0) is 10.0 Å². The summed E-state index contributed by atoms with van der Waals surface area (Å²) in [6.07, 6.45) is 3.29. The summed E-state index contributed by atoms with van der Waals surface area (Å²) in [6.45, 7) is 1.92. The summed E-state index contributed by atoms with van der Waals surface area (Å²) in [5.74, 6) is 1.12. The minimum Gasteiger partial charge on any atom is -0.493 e. The summed E-state index contributed by atoms with van der Waals surface area (Å²) in [7, 11) is -0.856. The predicted octanol–water partition coefficient (Wildman–Crippen LogP) is 6.07. The van der Waals surface area contributed by atoms with Gasteiger partial charge in [0.05, 0.1) is 25.3 Å². The van der Waals surface area contributed by atoms with Gasteiger partial charge in [-0.1, -0.05) is 29.8 Å². The first-order chi connectivity index (χ1) is 16.3. The molecule has 0 saturated heterocycles. The molecule has 0 bridgehead atoms. The number of aryl methyl sites for hydroxylation is 1. The summed E-state index contributed by atoms with van der Waals surface area (Å²) in [6, 6.07) is 17.7. The minimum absolute atomic E-state index is 0.135. The summed E-state index contributed by atoms with van der Waals surface area (Å²) in [4.78, 5) is 4.56. The molecule has 0 amide bonds. The van der Waals surface area contributed by atoms with Crippen molar-refractivity contribution in [3.8, 4) is 22.6 Å². The number of aromatic nitrogens is 2. The summed E-state index contributed by atoms with van der Waals surface area (Å²) < 4.78 is 40.0. The van der Waals surface area contributed by atoms with Crippen molar-refractivity contribution in [2.45, 2.75) is 11.8 Å². The van der Waals surface area contributed by atoms with Gasteiger partial charge in [0.2, 0.25) is 0 Å². The molecule has 0 aliphatic carbocycles. The van der Waals surface area contributed by atoms with Crippen molar-refractivity contribution in [2.24, 2.45) is 0 Å². The zero-order valence-corrected chi connectivity index (χ0v) is 20.3. The molecule has 0 aliphatic heterocycles. The molecule has 0 radical (unpaired) electrons. The number of benzene rings is 3. The second-order valence-electron chi connectivity index (χ2n) is 7.92. The molecular formula is C26H21ClN2O4S. The van der Waals surface area contributed by atoms with E-state index in [1.54, 1.807) is 63.0 Å². The second kappa shape index (κ2) is 8.34. The molecule has 8 heteroatoms. The van der Waals surface area contributed by atoms with Gasteiger partial charge in [-0.15, -0.1) is 0 Å². The van der Waals surface area contributed by atoms with E-state index in [-0.39, 0.29) is 4.90 Å². The Morgan fingerprint density at radius 3 is 2.50 bits per heavy atom. The lowest BCUT2D eigenvalue weighted by atomic mass is 10.0. The maximum absolute atomic E-state index is 13.9. The minimum atomic E-state index is -3.98. The molecule has 2 aromatic heterocycles. The average Bonchev–Trinajstić information content (AvgIpc) is 3.22. The second-order valence-corrected chi connectivity index (χ2v) is 10.1. The fourth-order valence-electron chi connectivity index (χ4n) is 4.16. The predicted molar refractivity (Wildman–Crippen MR) is 135 cm³/mol. The van der Waals surface area contributed by atoms with E-state index in [2.05, 4.69) is 4.98 Å². The van der Waals surface area contributed by atoms with Crippen LogP contribution in [0.25, 0.3) is 32.9 Å². The Hall–Kier alpha value is -3.55. The van der Waals surface area contributed by atoms with Gasteiger partial charge in [0.25, 0.3) is 10.0 Å². The summed E-state index contributed by atoms with van der Waals surface area (Å²) in [5, 5.41) is 1.97. The van der Waals surface area contributed by atoms with Crippen molar-refractivity contribution in [1.82, 2.24) is 8.96 Å². The van der Waals surface area contributed by atoms with E-state index in [4.69, 9.17) is 21.1 Å². The molecule has 2 heterocycles. The number of methoxy groups -OCH3 is 2. The van der Waals surface area contributed by atoms with Crippen LogP contribution in [0.15, 0.2) is 78.0 Å². The normalized spacial score (nSPS) is 11.8. The molecule has 3 aromatic carbocycles. The number of hydrogen-bond donors (Lipinski definition) is 0. The number of ether oxygens (including phenoxy) is 2. The Bertz CT molecular complexity index is 1680. The number of nitrogens with zero attached hydrogens (tertiary/aromatic N) is 2. The number of hydrogen-bond acceptors (Lipinski definition) is 5. The van der Waals surface area contributed by atoms with Crippen molar-refractivity contribution < 1.29 is 17.9 Å². The van der Waals surface area contributed by atoms with E-state index in [1.807, 2.05) is 31.2 Å². The SMILES string of the molecule is COc1ccc(-c2cn(S(=O)(=O)c3cccc4cc(C)cnc34)c3ccc(Cl)cc23)cc1OC.